The molecular weight excluding hydrogens is 247 g/mol. The monoisotopic (exact) mass is 263 g/mol. The van der Waals surface area contributed by atoms with Crippen LogP contribution < -0.4 is 10.2 Å². The molecule has 0 spiro atoms. The number of anilines is 2. The highest BCUT2D eigenvalue weighted by atomic mass is 19.4. The van der Waals surface area contributed by atoms with Gasteiger partial charge in [0.05, 0.1) is 6.61 Å². The molecule has 4 nitrogen and oxygen atoms in total. The van der Waals surface area contributed by atoms with Crippen LogP contribution in [0.1, 0.15) is 6.92 Å². The summed E-state index contributed by atoms with van der Waals surface area (Å²) in [5.41, 5.74) is 0.382. The van der Waals surface area contributed by atoms with Gasteiger partial charge in [0.25, 0.3) is 0 Å². The second-order valence-corrected chi connectivity index (χ2v) is 3.69. The molecule has 0 unspecified atom stereocenters. The van der Waals surface area contributed by atoms with Crippen molar-refractivity contribution in [2.24, 2.45) is 0 Å². The van der Waals surface area contributed by atoms with Gasteiger partial charge in [0.15, 0.2) is 0 Å². The molecule has 2 N–H and O–H groups in total. The topological polar surface area (TPSA) is 48.4 Å². The van der Waals surface area contributed by atoms with Crippen LogP contribution in [0.2, 0.25) is 0 Å². The maximum Gasteiger partial charge on any atom is 0.405 e. The predicted molar refractivity (Wildman–Crippen MR) is 63.8 cm³/mol. The summed E-state index contributed by atoms with van der Waals surface area (Å²) in [5, 5.41) is 11.8. The molecular formula is C11H16F3N3O. The van der Waals surface area contributed by atoms with Gasteiger partial charge in [0.2, 0.25) is 0 Å². The number of aliphatic hydroxyl groups excluding tert-OH is 1. The first-order valence-corrected chi connectivity index (χ1v) is 5.58. The largest absolute Gasteiger partial charge is 0.405 e. The number of rotatable bonds is 6. The van der Waals surface area contributed by atoms with E-state index in [9.17, 15) is 13.2 Å². The van der Waals surface area contributed by atoms with Gasteiger partial charge in [-0.2, -0.15) is 13.2 Å². The van der Waals surface area contributed by atoms with Crippen molar-refractivity contribution in [1.82, 2.24) is 4.98 Å². The summed E-state index contributed by atoms with van der Waals surface area (Å²) in [5.74, 6) is 0.514. The Balaban J connectivity index is 2.87. The standard InChI is InChI=1S/C11H16F3N3O/c1-2-15-10-7-9(3-4-16-10)17(5-6-18)8-11(12,13)14/h3-4,7,18H,2,5-6,8H2,1H3,(H,15,16). The number of nitrogens with zero attached hydrogens (tertiary/aromatic N) is 2. The van der Waals surface area contributed by atoms with Crippen molar-refractivity contribution in [3.8, 4) is 0 Å². The highest BCUT2D eigenvalue weighted by molar-refractivity contribution is 5.54. The third kappa shape index (κ3) is 4.79. The number of pyridine rings is 1. The molecule has 0 bridgehead atoms. The summed E-state index contributed by atoms with van der Waals surface area (Å²) in [4.78, 5) is 5.06. The molecule has 0 saturated carbocycles. The zero-order valence-corrected chi connectivity index (χ0v) is 10.0. The second kappa shape index (κ2) is 6.44. The first kappa shape index (κ1) is 14.6. The van der Waals surface area contributed by atoms with Gasteiger partial charge in [0, 0.05) is 31.0 Å². The van der Waals surface area contributed by atoms with Gasteiger partial charge in [-0.3, -0.25) is 0 Å². The quantitative estimate of drug-likeness (QED) is 0.822. The predicted octanol–water partition coefficient (Wildman–Crippen LogP) is 1.87. The summed E-state index contributed by atoms with van der Waals surface area (Å²) in [6, 6.07) is 3.02. The van der Waals surface area contributed by atoms with E-state index < -0.39 is 12.7 Å². The van der Waals surface area contributed by atoms with Gasteiger partial charge in [-0.05, 0) is 13.0 Å². The molecule has 0 aromatic carbocycles. The Bertz CT molecular complexity index is 371. The molecule has 18 heavy (non-hydrogen) atoms. The van der Waals surface area contributed by atoms with Gasteiger partial charge in [0.1, 0.15) is 12.4 Å². The molecule has 0 aliphatic carbocycles. The Hall–Kier alpha value is -1.50. The summed E-state index contributed by atoms with van der Waals surface area (Å²) < 4.78 is 37.2. The summed E-state index contributed by atoms with van der Waals surface area (Å²) in [6.45, 7) is 0.998. The minimum absolute atomic E-state index is 0.0743. The Labute approximate surface area is 103 Å². The number of aliphatic hydroxyl groups is 1. The molecule has 1 aromatic rings. The minimum atomic E-state index is -4.31. The van der Waals surface area contributed by atoms with Gasteiger partial charge in [-0.25, -0.2) is 4.98 Å². The summed E-state index contributed by atoms with van der Waals surface area (Å²) in [7, 11) is 0. The number of nitrogens with one attached hydrogen (secondary N) is 1. The Morgan fingerprint density at radius 3 is 2.72 bits per heavy atom. The van der Waals surface area contributed by atoms with Crippen LogP contribution in [-0.4, -0.2) is 42.5 Å². The molecule has 102 valence electrons. The van der Waals surface area contributed by atoms with Crippen LogP contribution in [-0.2, 0) is 0 Å². The van der Waals surface area contributed by atoms with E-state index in [1.807, 2.05) is 6.92 Å². The first-order valence-electron chi connectivity index (χ1n) is 5.58. The van der Waals surface area contributed by atoms with Gasteiger partial charge >= 0.3 is 6.18 Å². The fourth-order valence-corrected chi connectivity index (χ4v) is 1.53. The highest BCUT2D eigenvalue weighted by Gasteiger charge is 2.30. The Morgan fingerprint density at radius 2 is 2.17 bits per heavy atom. The van der Waals surface area contributed by atoms with Crippen molar-refractivity contribution in [2.45, 2.75) is 13.1 Å². The van der Waals surface area contributed by atoms with Crippen molar-refractivity contribution in [3.05, 3.63) is 18.3 Å². The minimum Gasteiger partial charge on any atom is -0.395 e. The number of alkyl halides is 3. The number of hydrogen-bond donors (Lipinski definition) is 2. The lowest BCUT2D eigenvalue weighted by atomic mass is 10.3. The van der Waals surface area contributed by atoms with Crippen molar-refractivity contribution in [1.29, 1.82) is 0 Å². The number of hydrogen-bond acceptors (Lipinski definition) is 4. The molecule has 7 heteroatoms. The lowest BCUT2D eigenvalue weighted by Gasteiger charge is -2.25. The zero-order valence-electron chi connectivity index (χ0n) is 10.0. The molecule has 1 rings (SSSR count). The second-order valence-electron chi connectivity index (χ2n) is 3.69. The molecule has 0 radical (unpaired) electrons. The van der Waals surface area contributed by atoms with Gasteiger partial charge < -0.3 is 15.3 Å². The van der Waals surface area contributed by atoms with Crippen LogP contribution in [0.5, 0.6) is 0 Å². The third-order valence-corrected chi connectivity index (χ3v) is 2.21. The molecule has 0 saturated heterocycles. The Morgan fingerprint density at radius 1 is 1.44 bits per heavy atom. The van der Waals surface area contributed by atoms with E-state index in [0.29, 0.717) is 18.1 Å². The highest BCUT2D eigenvalue weighted by Crippen LogP contribution is 2.23. The summed E-state index contributed by atoms with van der Waals surface area (Å²) >= 11 is 0. The van der Waals surface area contributed by atoms with Crippen LogP contribution in [0.15, 0.2) is 18.3 Å². The molecule has 0 aliphatic rings. The molecule has 1 aromatic heterocycles. The molecule has 0 amide bonds. The fraction of sp³-hybridized carbons (Fsp3) is 0.545. The van der Waals surface area contributed by atoms with E-state index in [0.717, 1.165) is 4.90 Å². The van der Waals surface area contributed by atoms with E-state index >= 15 is 0 Å². The first-order chi connectivity index (χ1) is 8.46. The van der Waals surface area contributed by atoms with Gasteiger partial charge in [-0.1, -0.05) is 0 Å². The van der Waals surface area contributed by atoms with Crippen LogP contribution in [0, 0.1) is 0 Å². The molecule has 1 heterocycles. The number of halogens is 3. The third-order valence-electron chi connectivity index (χ3n) is 2.21. The van der Waals surface area contributed by atoms with Crippen LogP contribution in [0.25, 0.3) is 0 Å². The zero-order chi connectivity index (χ0) is 13.6. The van der Waals surface area contributed by atoms with E-state index in [-0.39, 0.29) is 13.2 Å². The fourth-order valence-electron chi connectivity index (χ4n) is 1.53. The van der Waals surface area contributed by atoms with Crippen LogP contribution >= 0.6 is 0 Å². The van der Waals surface area contributed by atoms with Crippen LogP contribution in [0.3, 0.4) is 0 Å². The summed E-state index contributed by atoms with van der Waals surface area (Å²) in [6.07, 6.45) is -2.87. The molecule has 0 aliphatic heterocycles. The smallest absolute Gasteiger partial charge is 0.395 e. The maximum atomic E-state index is 12.4. The Kier molecular flexibility index (Phi) is 5.21. The van der Waals surface area contributed by atoms with E-state index in [4.69, 9.17) is 5.11 Å². The normalized spacial score (nSPS) is 11.4. The van der Waals surface area contributed by atoms with Crippen molar-refractivity contribution >= 4 is 11.5 Å². The average Bonchev–Trinajstić information content (AvgIpc) is 2.28. The van der Waals surface area contributed by atoms with Crippen LogP contribution in [0.4, 0.5) is 24.7 Å². The molecule has 0 fully saturated rings. The lowest BCUT2D eigenvalue weighted by Crippen LogP contribution is -2.36. The SMILES string of the molecule is CCNc1cc(N(CCO)CC(F)(F)F)ccn1. The van der Waals surface area contributed by atoms with Crippen molar-refractivity contribution in [3.63, 3.8) is 0 Å². The van der Waals surface area contributed by atoms with Crippen molar-refractivity contribution < 1.29 is 18.3 Å². The lowest BCUT2D eigenvalue weighted by molar-refractivity contribution is -0.119. The maximum absolute atomic E-state index is 12.4. The van der Waals surface area contributed by atoms with E-state index in [2.05, 4.69) is 10.3 Å². The van der Waals surface area contributed by atoms with E-state index in [1.165, 1.54) is 18.3 Å². The van der Waals surface area contributed by atoms with Crippen molar-refractivity contribution in [2.75, 3.05) is 36.5 Å². The van der Waals surface area contributed by atoms with Gasteiger partial charge in [-0.15, -0.1) is 0 Å². The van der Waals surface area contributed by atoms with E-state index in [1.54, 1.807) is 0 Å². The average molecular weight is 263 g/mol. The molecule has 0 atom stereocenters. The number of aromatic nitrogens is 1.